The number of amides is 2. The minimum atomic E-state index is -0.666. The average molecular weight is 358 g/mol. The van der Waals surface area contributed by atoms with Gasteiger partial charge in [0.2, 0.25) is 0 Å². The van der Waals surface area contributed by atoms with Crippen molar-refractivity contribution in [3.05, 3.63) is 75.6 Å². The lowest BCUT2D eigenvalue weighted by Gasteiger charge is -2.08. The summed E-state index contributed by atoms with van der Waals surface area (Å²) in [7, 11) is 0. The molecular weight excluding hydrogens is 344 g/mol. The molecule has 1 aromatic carbocycles. The molecule has 0 atom stereocenters. The first-order chi connectivity index (χ1) is 11.7. The Morgan fingerprint density at radius 1 is 1.17 bits per heavy atom. The zero-order valence-corrected chi connectivity index (χ0v) is 14.2. The van der Waals surface area contributed by atoms with Crippen LogP contribution in [0, 0.1) is 0 Å². The molecule has 0 fully saturated rings. The van der Waals surface area contributed by atoms with Gasteiger partial charge in [-0.15, -0.1) is 11.3 Å². The summed E-state index contributed by atoms with van der Waals surface area (Å²) in [6, 6.07) is 13.3. The molecule has 3 rings (SSSR count). The Kier molecular flexibility index (Phi) is 5.35. The van der Waals surface area contributed by atoms with Crippen LogP contribution in [0.25, 0.3) is 4.91 Å². The molecule has 1 aliphatic rings. The van der Waals surface area contributed by atoms with Gasteiger partial charge < -0.3 is 10.1 Å². The number of benzene rings is 1. The Labute approximate surface area is 147 Å². The Balaban J connectivity index is 1.58. The maximum Gasteiger partial charge on any atom is 0.412 e. The molecule has 2 amide bonds. The summed E-state index contributed by atoms with van der Waals surface area (Å²) in [4.78, 5) is 25.9. The molecule has 0 saturated carbocycles. The van der Waals surface area contributed by atoms with Crippen LogP contribution in [0.2, 0.25) is 0 Å². The van der Waals surface area contributed by atoms with Crippen molar-refractivity contribution in [2.75, 3.05) is 0 Å². The van der Waals surface area contributed by atoms with Gasteiger partial charge in [0, 0.05) is 21.4 Å². The molecular formula is C17H14N2O3S2. The van der Waals surface area contributed by atoms with Crippen molar-refractivity contribution < 1.29 is 14.3 Å². The van der Waals surface area contributed by atoms with Crippen LogP contribution in [0.1, 0.15) is 10.4 Å². The van der Waals surface area contributed by atoms with Gasteiger partial charge in [0.1, 0.15) is 12.3 Å². The number of carbonyl (C=O) groups excluding carboxylic acids is 2. The first-order valence-corrected chi connectivity index (χ1v) is 8.88. The third kappa shape index (κ3) is 4.27. The van der Waals surface area contributed by atoms with E-state index in [1.54, 1.807) is 22.9 Å². The molecule has 2 N–H and O–H groups in total. The van der Waals surface area contributed by atoms with Crippen LogP contribution < -0.4 is 10.6 Å². The Hall–Kier alpha value is -2.51. The largest absolute Gasteiger partial charge is 0.444 e. The van der Waals surface area contributed by atoms with E-state index < -0.39 is 6.09 Å². The number of alkyl carbamates (subject to hydrolysis) is 1. The molecule has 0 radical (unpaired) electrons. The van der Waals surface area contributed by atoms with Gasteiger partial charge >= 0.3 is 6.09 Å². The highest BCUT2D eigenvalue weighted by Gasteiger charge is 2.17. The third-order valence-corrected chi connectivity index (χ3v) is 5.07. The smallest absolute Gasteiger partial charge is 0.412 e. The fraction of sp³-hybridized carbons (Fsp3) is 0.0588. The zero-order chi connectivity index (χ0) is 16.8. The molecule has 1 aromatic heterocycles. The molecule has 122 valence electrons. The monoisotopic (exact) mass is 358 g/mol. The van der Waals surface area contributed by atoms with E-state index in [9.17, 15) is 9.59 Å². The van der Waals surface area contributed by atoms with Gasteiger partial charge in [0.25, 0.3) is 5.91 Å². The second-order valence-corrected chi connectivity index (χ2v) is 6.65. The molecule has 7 heteroatoms. The van der Waals surface area contributed by atoms with E-state index in [0.29, 0.717) is 0 Å². The highest BCUT2D eigenvalue weighted by atomic mass is 32.2. The molecule has 5 nitrogen and oxygen atoms in total. The lowest BCUT2D eigenvalue weighted by Crippen LogP contribution is -2.32. The summed E-state index contributed by atoms with van der Waals surface area (Å²) in [6.07, 6.45) is 0.972. The normalized spacial score (nSPS) is 14.1. The molecule has 0 spiro atoms. The lowest BCUT2D eigenvalue weighted by atomic mass is 10.2. The van der Waals surface area contributed by atoms with Crippen LogP contribution in [-0.2, 0) is 16.1 Å². The number of nitrogens with one attached hydrogen (secondary N) is 2. The fourth-order valence-corrected chi connectivity index (χ4v) is 3.57. The molecule has 24 heavy (non-hydrogen) atoms. The molecule has 0 bridgehead atoms. The summed E-state index contributed by atoms with van der Waals surface area (Å²) in [5, 5.41) is 8.71. The van der Waals surface area contributed by atoms with Gasteiger partial charge in [-0.1, -0.05) is 48.2 Å². The molecule has 0 aliphatic carbocycles. The second-order valence-electron chi connectivity index (χ2n) is 4.80. The van der Waals surface area contributed by atoms with Gasteiger partial charge in [-0.2, -0.15) is 0 Å². The van der Waals surface area contributed by atoms with Crippen LogP contribution in [0.4, 0.5) is 4.79 Å². The number of carbonyl (C=O) groups is 2. The van der Waals surface area contributed by atoms with Gasteiger partial charge in [-0.05, 0) is 17.0 Å². The van der Waals surface area contributed by atoms with Crippen LogP contribution >= 0.6 is 23.1 Å². The number of thioether (sulfide) groups is 1. The van der Waals surface area contributed by atoms with Gasteiger partial charge in [0.05, 0.1) is 0 Å². The van der Waals surface area contributed by atoms with Crippen molar-refractivity contribution in [2.24, 2.45) is 0 Å². The van der Waals surface area contributed by atoms with Crippen LogP contribution in [0.5, 0.6) is 0 Å². The minimum Gasteiger partial charge on any atom is -0.444 e. The minimum absolute atomic E-state index is 0.146. The van der Waals surface area contributed by atoms with E-state index in [1.165, 1.54) is 11.8 Å². The maximum atomic E-state index is 12.0. The van der Waals surface area contributed by atoms with Crippen molar-refractivity contribution in [2.45, 2.75) is 6.61 Å². The molecule has 0 saturated heterocycles. The predicted octanol–water partition coefficient (Wildman–Crippen LogP) is 3.68. The van der Waals surface area contributed by atoms with Crippen LogP contribution in [0.3, 0.4) is 0 Å². The summed E-state index contributed by atoms with van der Waals surface area (Å²) < 4.78 is 5.12. The molecule has 2 heterocycles. The zero-order valence-electron chi connectivity index (χ0n) is 12.5. The molecule has 0 unspecified atom stereocenters. The third-order valence-electron chi connectivity index (χ3n) is 3.10. The highest BCUT2D eigenvalue weighted by molar-refractivity contribution is 8.11. The number of hydrogen-bond donors (Lipinski definition) is 2. The Morgan fingerprint density at radius 2 is 2.00 bits per heavy atom. The number of rotatable bonds is 4. The van der Waals surface area contributed by atoms with E-state index in [2.05, 4.69) is 10.6 Å². The van der Waals surface area contributed by atoms with E-state index in [4.69, 9.17) is 4.74 Å². The first-order valence-electron chi connectivity index (χ1n) is 7.12. The van der Waals surface area contributed by atoms with Gasteiger partial charge in [0.15, 0.2) is 0 Å². The summed E-state index contributed by atoms with van der Waals surface area (Å²) >= 11 is 2.95. The first kappa shape index (κ1) is 16.4. The van der Waals surface area contributed by atoms with E-state index in [-0.39, 0.29) is 18.2 Å². The quantitative estimate of drug-likeness (QED) is 0.875. The Bertz CT molecular complexity index is 783. The standard InChI is InChI=1S/C17H14N2O3S2/c20-16-13(11-24-15(9-18-16)14-7-4-8-23-14)19-17(21)22-10-12-5-2-1-3-6-12/h1-9,11H,10H2,(H,18,20)(H,19,21). The Morgan fingerprint density at radius 3 is 2.75 bits per heavy atom. The fourth-order valence-electron chi connectivity index (χ4n) is 1.92. The average Bonchev–Trinajstić information content (AvgIpc) is 3.08. The molecule has 1 aliphatic heterocycles. The van der Waals surface area contributed by atoms with E-state index >= 15 is 0 Å². The lowest BCUT2D eigenvalue weighted by molar-refractivity contribution is -0.116. The van der Waals surface area contributed by atoms with Crippen LogP contribution in [0.15, 0.2) is 65.1 Å². The van der Waals surface area contributed by atoms with Crippen molar-refractivity contribution >= 4 is 40.0 Å². The van der Waals surface area contributed by atoms with Crippen LogP contribution in [-0.4, -0.2) is 12.0 Å². The maximum absolute atomic E-state index is 12.0. The number of ether oxygens (including phenoxy) is 1. The van der Waals surface area contributed by atoms with Crippen molar-refractivity contribution in [1.82, 2.24) is 10.6 Å². The van der Waals surface area contributed by atoms with E-state index in [0.717, 1.165) is 15.3 Å². The summed E-state index contributed by atoms with van der Waals surface area (Å²) in [5.74, 6) is -0.384. The number of hydrogen-bond acceptors (Lipinski definition) is 5. The predicted molar refractivity (Wildman–Crippen MR) is 95.9 cm³/mol. The topological polar surface area (TPSA) is 67.4 Å². The second kappa shape index (κ2) is 7.85. The SMILES string of the molecule is O=C(NC1=CSC(c2cccs2)=CNC1=O)OCc1ccccc1. The van der Waals surface area contributed by atoms with Crippen molar-refractivity contribution in [3.63, 3.8) is 0 Å². The van der Waals surface area contributed by atoms with Crippen molar-refractivity contribution in [3.8, 4) is 0 Å². The molecule has 2 aromatic rings. The number of thiophene rings is 1. The van der Waals surface area contributed by atoms with E-state index in [1.807, 2.05) is 47.8 Å². The summed E-state index contributed by atoms with van der Waals surface area (Å²) in [6.45, 7) is 0.146. The summed E-state index contributed by atoms with van der Waals surface area (Å²) in [5.41, 5.74) is 1.03. The van der Waals surface area contributed by atoms with Gasteiger partial charge in [-0.25, -0.2) is 4.79 Å². The van der Waals surface area contributed by atoms with Gasteiger partial charge in [-0.3, -0.25) is 10.1 Å². The van der Waals surface area contributed by atoms with Crippen molar-refractivity contribution in [1.29, 1.82) is 0 Å². The highest BCUT2D eigenvalue weighted by Crippen LogP contribution is 2.32.